The molecule has 9 atom stereocenters. The van der Waals surface area contributed by atoms with Crippen LogP contribution in [0.5, 0.6) is 0 Å². The molecule has 4 saturated carbocycles. The largest absolute Gasteiger partial charge is 0.456 e. The Balaban J connectivity index is 1.48. The predicted molar refractivity (Wildman–Crippen MR) is 112 cm³/mol. The van der Waals surface area contributed by atoms with Crippen LogP contribution < -0.4 is 0 Å². The zero-order valence-corrected chi connectivity index (χ0v) is 19.3. The second-order valence-corrected chi connectivity index (χ2v) is 11.3. The molecule has 6 nitrogen and oxygen atoms in total. The van der Waals surface area contributed by atoms with Crippen molar-refractivity contribution in [2.24, 2.45) is 40.4 Å². The van der Waals surface area contributed by atoms with E-state index in [-0.39, 0.29) is 22.7 Å². The number of fused-ring (bicyclic) bond motifs is 4. The summed E-state index contributed by atoms with van der Waals surface area (Å²) >= 11 is 0. The zero-order valence-electron chi connectivity index (χ0n) is 19.3. The van der Waals surface area contributed by atoms with Crippen molar-refractivity contribution in [3.05, 3.63) is 0 Å². The van der Waals surface area contributed by atoms with Crippen molar-refractivity contribution in [3.8, 4) is 0 Å². The maximum absolute atomic E-state index is 12.9. The number of carbonyl (C=O) groups is 3. The molecule has 9 unspecified atom stereocenters. The number of Topliss-reactive ketones (excluding diaryl/α,β-unsaturated/α-hetero) is 1. The van der Waals surface area contributed by atoms with Gasteiger partial charge in [0.2, 0.25) is 0 Å². The topological polar surface area (TPSA) is 78.9 Å². The van der Waals surface area contributed by atoms with E-state index in [0.29, 0.717) is 48.9 Å². The highest BCUT2D eigenvalue weighted by Gasteiger charge is 2.71. The number of esters is 2. The first kappa shape index (κ1) is 21.4. The van der Waals surface area contributed by atoms with Gasteiger partial charge in [0.05, 0.1) is 6.61 Å². The van der Waals surface area contributed by atoms with Crippen molar-refractivity contribution < 1.29 is 28.6 Å². The van der Waals surface area contributed by atoms with Crippen LogP contribution in [0, 0.1) is 40.4 Å². The quantitative estimate of drug-likeness (QED) is 0.626. The standard InChI is InChI=1S/C25H36O6/c1-5-18-21(28)11-20-17-7-6-16-10-22(30-14(2)26)25(31-15(3)27)12-24(16,13-29-25)19(17)8-9-23(18,20)4/h16-20,22H,5-13H2,1-4H3. The minimum atomic E-state index is -1.16. The lowest BCUT2D eigenvalue weighted by molar-refractivity contribution is -0.264. The van der Waals surface area contributed by atoms with E-state index in [1.807, 2.05) is 0 Å². The minimum absolute atomic E-state index is 0.0519. The molecule has 2 bridgehead atoms. The van der Waals surface area contributed by atoms with Crippen molar-refractivity contribution in [1.82, 2.24) is 0 Å². The van der Waals surface area contributed by atoms with Gasteiger partial charge < -0.3 is 14.2 Å². The van der Waals surface area contributed by atoms with E-state index in [1.54, 1.807) is 0 Å². The lowest BCUT2D eigenvalue weighted by Gasteiger charge is -2.60. The highest BCUT2D eigenvalue weighted by Crippen LogP contribution is 2.70. The fourth-order valence-corrected chi connectivity index (χ4v) is 9.00. The van der Waals surface area contributed by atoms with Gasteiger partial charge in [-0.3, -0.25) is 14.4 Å². The molecule has 1 spiro atoms. The van der Waals surface area contributed by atoms with Gasteiger partial charge in [0.25, 0.3) is 5.79 Å². The Morgan fingerprint density at radius 3 is 2.58 bits per heavy atom. The summed E-state index contributed by atoms with van der Waals surface area (Å²) in [5.41, 5.74) is 0.0710. The molecule has 0 amide bonds. The van der Waals surface area contributed by atoms with Gasteiger partial charge in [-0.05, 0) is 67.6 Å². The summed E-state index contributed by atoms with van der Waals surface area (Å²) in [5, 5.41) is 0. The Morgan fingerprint density at radius 2 is 1.90 bits per heavy atom. The molecule has 31 heavy (non-hydrogen) atoms. The van der Waals surface area contributed by atoms with Gasteiger partial charge in [0, 0.05) is 38.0 Å². The first-order valence-corrected chi connectivity index (χ1v) is 12.2. The summed E-state index contributed by atoms with van der Waals surface area (Å²) in [7, 11) is 0. The third-order valence-corrected chi connectivity index (χ3v) is 10.1. The summed E-state index contributed by atoms with van der Waals surface area (Å²) < 4.78 is 17.7. The lowest BCUT2D eigenvalue weighted by atomic mass is 9.44. The predicted octanol–water partition coefficient (Wildman–Crippen LogP) is 4.05. The second kappa shape index (κ2) is 7.03. The van der Waals surface area contributed by atoms with Crippen LogP contribution in [0.25, 0.3) is 0 Å². The van der Waals surface area contributed by atoms with Crippen LogP contribution in [0.3, 0.4) is 0 Å². The van der Waals surface area contributed by atoms with E-state index < -0.39 is 17.9 Å². The Labute approximate surface area is 184 Å². The number of carbonyl (C=O) groups excluding carboxylic acids is 3. The molecule has 1 heterocycles. The monoisotopic (exact) mass is 432 g/mol. The fourth-order valence-electron chi connectivity index (χ4n) is 9.00. The van der Waals surface area contributed by atoms with Crippen LogP contribution in [0.15, 0.2) is 0 Å². The maximum Gasteiger partial charge on any atom is 0.305 e. The molecule has 4 aliphatic carbocycles. The number of rotatable bonds is 3. The Kier molecular flexibility index (Phi) is 4.86. The fraction of sp³-hybridized carbons (Fsp3) is 0.880. The van der Waals surface area contributed by atoms with E-state index >= 15 is 0 Å². The van der Waals surface area contributed by atoms with Gasteiger partial charge in [0.1, 0.15) is 5.78 Å². The summed E-state index contributed by atoms with van der Waals surface area (Å²) in [6, 6.07) is 0. The Bertz CT molecular complexity index is 808. The molecule has 5 fully saturated rings. The molecule has 0 aromatic heterocycles. The van der Waals surface area contributed by atoms with Crippen LogP contribution in [0.1, 0.15) is 79.1 Å². The highest BCUT2D eigenvalue weighted by molar-refractivity contribution is 5.84. The van der Waals surface area contributed by atoms with E-state index in [2.05, 4.69) is 13.8 Å². The number of ketones is 1. The Morgan fingerprint density at radius 1 is 1.13 bits per heavy atom. The molecule has 0 aromatic rings. The van der Waals surface area contributed by atoms with Crippen LogP contribution in [0.2, 0.25) is 0 Å². The highest BCUT2D eigenvalue weighted by atomic mass is 16.7. The van der Waals surface area contributed by atoms with Crippen LogP contribution in [-0.4, -0.2) is 36.2 Å². The molecule has 1 saturated heterocycles. The number of hydrogen-bond acceptors (Lipinski definition) is 6. The van der Waals surface area contributed by atoms with Crippen molar-refractivity contribution >= 4 is 17.7 Å². The smallest absolute Gasteiger partial charge is 0.305 e. The molecule has 0 N–H and O–H groups in total. The number of ether oxygens (including phenoxy) is 3. The van der Waals surface area contributed by atoms with Crippen molar-refractivity contribution in [3.63, 3.8) is 0 Å². The van der Waals surface area contributed by atoms with Crippen LogP contribution >= 0.6 is 0 Å². The van der Waals surface area contributed by atoms with Crippen LogP contribution in [0.4, 0.5) is 0 Å². The van der Waals surface area contributed by atoms with Crippen molar-refractivity contribution in [2.45, 2.75) is 91.0 Å². The van der Waals surface area contributed by atoms with Gasteiger partial charge in [0.15, 0.2) is 6.10 Å². The molecule has 0 aromatic carbocycles. The molecule has 172 valence electrons. The number of hydrogen-bond donors (Lipinski definition) is 0. The minimum Gasteiger partial charge on any atom is -0.456 e. The summed E-state index contributed by atoms with van der Waals surface area (Å²) in [6.07, 6.45) is 6.82. The molecule has 1 aliphatic heterocycles. The lowest BCUT2D eigenvalue weighted by Crippen LogP contribution is -2.59. The normalized spacial score (nSPS) is 50.3. The summed E-state index contributed by atoms with van der Waals surface area (Å²) in [4.78, 5) is 36.7. The average molecular weight is 433 g/mol. The summed E-state index contributed by atoms with van der Waals surface area (Å²) in [5.74, 6) is 0.593. The van der Waals surface area contributed by atoms with Gasteiger partial charge >= 0.3 is 11.9 Å². The first-order chi connectivity index (χ1) is 14.6. The van der Waals surface area contributed by atoms with E-state index in [1.165, 1.54) is 13.8 Å². The van der Waals surface area contributed by atoms with E-state index in [4.69, 9.17) is 14.2 Å². The van der Waals surface area contributed by atoms with Crippen molar-refractivity contribution in [2.75, 3.05) is 6.61 Å². The second-order valence-electron chi connectivity index (χ2n) is 11.3. The van der Waals surface area contributed by atoms with E-state index in [9.17, 15) is 14.4 Å². The zero-order chi connectivity index (χ0) is 22.2. The molecular formula is C25H36O6. The van der Waals surface area contributed by atoms with Gasteiger partial charge in [-0.2, -0.15) is 0 Å². The molecular weight excluding hydrogens is 396 g/mol. The van der Waals surface area contributed by atoms with Crippen LogP contribution in [-0.2, 0) is 28.6 Å². The third kappa shape index (κ3) is 2.89. The first-order valence-electron chi connectivity index (χ1n) is 12.2. The van der Waals surface area contributed by atoms with Crippen molar-refractivity contribution in [1.29, 1.82) is 0 Å². The van der Waals surface area contributed by atoms with Gasteiger partial charge in [-0.15, -0.1) is 0 Å². The molecule has 6 heteroatoms. The van der Waals surface area contributed by atoms with Gasteiger partial charge in [-0.1, -0.05) is 13.8 Å². The molecule has 5 aliphatic rings. The Hall–Kier alpha value is -1.43. The average Bonchev–Trinajstić information content (AvgIpc) is 3.14. The third-order valence-electron chi connectivity index (χ3n) is 10.1. The maximum atomic E-state index is 12.9. The van der Waals surface area contributed by atoms with E-state index in [0.717, 1.165) is 38.5 Å². The van der Waals surface area contributed by atoms with Gasteiger partial charge in [-0.25, -0.2) is 0 Å². The molecule has 5 rings (SSSR count). The SMILES string of the molecule is CCC1C(=O)CC2C3CCC4CC(OC(C)=O)C5(OC(C)=O)CC4(CO5)C3CCC12C. The summed E-state index contributed by atoms with van der Waals surface area (Å²) in [6.45, 7) is 7.87. The molecule has 0 radical (unpaired) electrons.